The zero-order valence-corrected chi connectivity index (χ0v) is 16.2. The molecular weight excluding hydrogens is 389 g/mol. The fraction of sp³-hybridized carbons (Fsp3) is 0.158. The first-order valence-corrected chi connectivity index (χ1v) is 9.79. The normalized spacial score (nSPS) is 10.7. The van der Waals surface area contributed by atoms with E-state index in [4.69, 9.17) is 23.2 Å². The molecule has 0 fully saturated rings. The van der Waals surface area contributed by atoms with Gasteiger partial charge in [0.2, 0.25) is 5.91 Å². The molecule has 1 aromatic heterocycles. The minimum Gasteiger partial charge on any atom is -0.311 e. The summed E-state index contributed by atoms with van der Waals surface area (Å²) in [6, 6.07) is 17.0. The molecule has 26 heavy (non-hydrogen) atoms. The van der Waals surface area contributed by atoms with Crippen molar-refractivity contribution in [2.75, 3.05) is 11.1 Å². The Morgan fingerprint density at radius 2 is 1.85 bits per heavy atom. The van der Waals surface area contributed by atoms with Gasteiger partial charge in [0.25, 0.3) is 0 Å². The summed E-state index contributed by atoms with van der Waals surface area (Å²) < 4.78 is 1.73. The molecule has 134 valence electrons. The second-order valence-electron chi connectivity index (χ2n) is 5.57. The summed E-state index contributed by atoms with van der Waals surface area (Å²) in [5.41, 5.74) is 0.951. The quantitative estimate of drug-likeness (QED) is 0.538. The van der Waals surface area contributed by atoms with Gasteiger partial charge in [0.05, 0.1) is 12.7 Å². The van der Waals surface area contributed by atoms with Crippen molar-refractivity contribution in [3.8, 4) is 0 Å². The van der Waals surface area contributed by atoms with Crippen molar-refractivity contribution in [3.63, 3.8) is 0 Å². The van der Waals surface area contributed by atoms with E-state index < -0.39 is 0 Å². The van der Waals surface area contributed by atoms with E-state index in [0.717, 1.165) is 10.5 Å². The van der Waals surface area contributed by atoms with Crippen molar-refractivity contribution in [1.29, 1.82) is 0 Å². The van der Waals surface area contributed by atoms with Crippen LogP contribution in [0.4, 0.5) is 5.82 Å². The Kier molecular flexibility index (Phi) is 6.61. The molecule has 1 amide bonds. The number of anilines is 1. The number of aromatic nitrogens is 2. The molecule has 0 aliphatic carbocycles. The third-order valence-corrected chi connectivity index (χ3v) is 5.31. The zero-order chi connectivity index (χ0) is 18.4. The van der Waals surface area contributed by atoms with Crippen molar-refractivity contribution in [2.24, 2.45) is 0 Å². The number of nitrogens with zero attached hydrogens (tertiary/aromatic N) is 2. The van der Waals surface area contributed by atoms with Gasteiger partial charge in [0.15, 0.2) is 0 Å². The molecule has 1 heterocycles. The van der Waals surface area contributed by atoms with Crippen molar-refractivity contribution >= 4 is 46.7 Å². The molecule has 0 aliphatic rings. The van der Waals surface area contributed by atoms with Gasteiger partial charge in [-0.25, -0.2) is 4.68 Å². The van der Waals surface area contributed by atoms with Crippen LogP contribution in [0.5, 0.6) is 0 Å². The fourth-order valence-corrected chi connectivity index (χ4v) is 3.52. The van der Waals surface area contributed by atoms with Crippen LogP contribution in [0.3, 0.4) is 0 Å². The number of hydrogen-bond acceptors (Lipinski definition) is 3. The van der Waals surface area contributed by atoms with Gasteiger partial charge in [-0.15, -0.1) is 11.8 Å². The smallest absolute Gasteiger partial charge is 0.226 e. The lowest BCUT2D eigenvalue weighted by Gasteiger charge is -2.10. The second-order valence-corrected chi connectivity index (χ2v) is 7.58. The molecule has 3 aromatic rings. The predicted octanol–water partition coefficient (Wildman–Crippen LogP) is 5.36. The summed E-state index contributed by atoms with van der Waals surface area (Å²) in [6.45, 7) is 0.502. The number of carbonyl (C=O) groups is 1. The molecule has 0 spiro atoms. The van der Waals surface area contributed by atoms with E-state index in [1.54, 1.807) is 28.7 Å². The molecule has 0 radical (unpaired) electrons. The maximum absolute atomic E-state index is 12.2. The highest BCUT2D eigenvalue weighted by molar-refractivity contribution is 7.99. The number of carbonyl (C=O) groups excluding carboxylic acids is 1. The van der Waals surface area contributed by atoms with Crippen LogP contribution in [0.1, 0.15) is 12.0 Å². The summed E-state index contributed by atoms with van der Waals surface area (Å²) in [5, 5.41) is 8.56. The topological polar surface area (TPSA) is 46.9 Å². The van der Waals surface area contributed by atoms with Gasteiger partial charge < -0.3 is 5.32 Å². The van der Waals surface area contributed by atoms with E-state index in [1.165, 1.54) is 0 Å². The van der Waals surface area contributed by atoms with Crippen molar-refractivity contribution in [3.05, 3.63) is 76.4 Å². The molecular formula is C19H17Cl2N3OS. The highest BCUT2D eigenvalue weighted by Crippen LogP contribution is 2.21. The van der Waals surface area contributed by atoms with Crippen molar-refractivity contribution in [2.45, 2.75) is 17.9 Å². The van der Waals surface area contributed by atoms with Crippen LogP contribution in [0, 0.1) is 0 Å². The predicted molar refractivity (Wildman–Crippen MR) is 108 cm³/mol. The number of thioether (sulfide) groups is 1. The Balaban J connectivity index is 1.52. The number of benzene rings is 2. The molecule has 0 bridgehead atoms. The van der Waals surface area contributed by atoms with E-state index in [2.05, 4.69) is 10.4 Å². The largest absolute Gasteiger partial charge is 0.311 e. The Bertz CT molecular complexity index is 881. The number of rotatable bonds is 7. The van der Waals surface area contributed by atoms with Gasteiger partial charge in [0, 0.05) is 33.2 Å². The first-order chi connectivity index (χ1) is 12.6. The van der Waals surface area contributed by atoms with Crippen LogP contribution in [-0.4, -0.2) is 21.4 Å². The minimum absolute atomic E-state index is 0.0487. The maximum atomic E-state index is 12.2. The summed E-state index contributed by atoms with van der Waals surface area (Å²) in [7, 11) is 0. The Morgan fingerprint density at radius 1 is 1.08 bits per heavy atom. The molecule has 0 saturated heterocycles. The van der Waals surface area contributed by atoms with Crippen LogP contribution in [0.15, 0.2) is 65.7 Å². The van der Waals surface area contributed by atoms with Gasteiger partial charge in [-0.05, 0) is 35.9 Å². The average molecular weight is 406 g/mol. The van der Waals surface area contributed by atoms with E-state index in [9.17, 15) is 4.79 Å². The monoisotopic (exact) mass is 405 g/mol. The summed E-state index contributed by atoms with van der Waals surface area (Å²) in [4.78, 5) is 13.3. The number of hydrogen-bond donors (Lipinski definition) is 1. The molecule has 0 atom stereocenters. The van der Waals surface area contributed by atoms with Crippen LogP contribution < -0.4 is 5.32 Å². The lowest BCUT2D eigenvalue weighted by Crippen LogP contribution is -2.16. The van der Waals surface area contributed by atoms with Gasteiger partial charge in [-0.1, -0.05) is 41.4 Å². The standard InChI is InChI=1S/C19H17Cl2N3OS/c20-15-5-7-16(8-6-15)26-12-10-19(25)23-18-9-11-22-24(18)13-14-3-1-2-4-17(14)21/h1-9,11H,10,12-13H2,(H,23,25). The molecule has 3 rings (SSSR count). The van der Waals surface area contributed by atoms with E-state index in [-0.39, 0.29) is 5.91 Å². The maximum Gasteiger partial charge on any atom is 0.226 e. The van der Waals surface area contributed by atoms with Crippen molar-refractivity contribution in [1.82, 2.24) is 9.78 Å². The third-order valence-electron chi connectivity index (χ3n) is 3.67. The van der Waals surface area contributed by atoms with Gasteiger partial charge in [-0.2, -0.15) is 5.10 Å². The molecule has 1 N–H and O–H groups in total. The SMILES string of the molecule is O=C(CCSc1ccc(Cl)cc1)Nc1ccnn1Cc1ccccc1Cl. The molecule has 7 heteroatoms. The highest BCUT2D eigenvalue weighted by Gasteiger charge is 2.09. The third kappa shape index (κ3) is 5.27. The lowest BCUT2D eigenvalue weighted by molar-refractivity contribution is -0.115. The first kappa shape index (κ1) is 18.8. The number of halogens is 2. The second kappa shape index (κ2) is 9.12. The Labute approximate surface area is 166 Å². The first-order valence-electron chi connectivity index (χ1n) is 8.05. The summed E-state index contributed by atoms with van der Waals surface area (Å²) >= 11 is 13.7. The van der Waals surface area contributed by atoms with E-state index in [1.807, 2.05) is 48.5 Å². The summed E-state index contributed by atoms with van der Waals surface area (Å²) in [5.74, 6) is 1.30. The molecule has 0 saturated carbocycles. The number of nitrogens with one attached hydrogen (secondary N) is 1. The van der Waals surface area contributed by atoms with E-state index >= 15 is 0 Å². The van der Waals surface area contributed by atoms with E-state index in [0.29, 0.717) is 34.6 Å². The summed E-state index contributed by atoms with van der Waals surface area (Å²) in [6.07, 6.45) is 2.07. The minimum atomic E-state index is -0.0487. The Hall–Kier alpha value is -1.95. The fourth-order valence-electron chi connectivity index (χ4n) is 2.35. The van der Waals surface area contributed by atoms with Gasteiger partial charge >= 0.3 is 0 Å². The molecule has 4 nitrogen and oxygen atoms in total. The van der Waals surface area contributed by atoms with Crippen LogP contribution in [0.25, 0.3) is 0 Å². The van der Waals surface area contributed by atoms with Crippen LogP contribution >= 0.6 is 35.0 Å². The highest BCUT2D eigenvalue weighted by atomic mass is 35.5. The van der Waals surface area contributed by atoms with Gasteiger partial charge in [0.1, 0.15) is 5.82 Å². The zero-order valence-electron chi connectivity index (χ0n) is 13.9. The van der Waals surface area contributed by atoms with Crippen LogP contribution in [0.2, 0.25) is 10.0 Å². The number of amides is 1. The molecule has 0 unspecified atom stereocenters. The molecule has 2 aromatic carbocycles. The van der Waals surface area contributed by atoms with Gasteiger partial charge in [-0.3, -0.25) is 4.79 Å². The van der Waals surface area contributed by atoms with Crippen molar-refractivity contribution < 1.29 is 4.79 Å². The Morgan fingerprint density at radius 3 is 2.62 bits per heavy atom. The lowest BCUT2D eigenvalue weighted by atomic mass is 10.2. The average Bonchev–Trinajstić information content (AvgIpc) is 3.05. The molecule has 0 aliphatic heterocycles. The van der Waals surface area contributed by atoms with Crippen LogP contribution in [-0.2, 0) is 11.3 Å².